The Morgan fingerprint density at radius 3 is 2.16 bits per heavy atom. The smallest absolute Gasteiger partial charge is 0.211 e. The highest BCUT2D eigenvalue weighted by molar-refractivity contribution is 6.18. The van der Waals surface area contributed by atoms with Crippen molar-refractivity contribution in [2.24, 2.45) is 0 Å². The summed E-state index contributed by atoms with van der Waals surface area (Å²) in [6, 6.07) is 28.4. The van der Waals surface area contributed by atoms with Crippen LogP contribution in [0.5, 0.6) is 0 Å². The number of hydrogen-bond donors (Lipinski definition) is 0. The third kappa shape index (κ3) is 2.20. The highest BCUT2D eigenvalue weighted by atomic mass is 14.7. The summed E-state index contributed by atoms with van der Waals surface area (Å²) in [7, 11) is 0. The molecular formula is C24H18N+. The third-order valence-corrected chi connectivity index (χ3v) is 5.02. The van der Waals surface area contributed by atoms with Gasteiger partial charge in [0.1, 0.15) is 0 Å². The van der Waals surface area contributed by atoms with Gasteiger partial charge in [-0.3, -0.25) is 0 Å². The van der Waals surface area contributed by atoms with E-state index in [0.29, 0.717) is 0 Å². The minimum atomic E-state index is 1.17. The molecule has 1 N–H and O–H groups in total. The van der Waals surface area contributed by atoms with Crippen LogP contribution >= 0.6 is 0 Å². The lowest BCUT2D eigenvalue weighted by Gasteiger charge is -2.08. The molecule has 5 rings (SSSR count). The lowest BCUT2D eigenvalue weighted by molar-refractivity contribution is -0.362. The molecule has 0 spiro atoms. The molecule has 0 amide bonds. The van der Waals surface area contributed by atoms with E-state index in [4.69, 9.17) is 0 Å². The Balaban J connectivity index is 1.89. The van der Waals surface area contributed by atoms with E-state index in [-0.39, 0.29) is 0 Å². The number of benzene rings is 4. The van der Waals surface area contributed by atoms with Crippen molar-refractivity contribution < 1.29 is 4.98 Å². The Morgan fingerprint density at radius 1 is 0.600 bits per heavy atom. The van der Waals surface area contributed by atoms with Gasteiger partial charge in [-0.05, 0) is 46.7 Å². The average molecular weight is 320 g/mol. The summed E-state index contributed by atoms with van der Waals surface area (Å²) in [4.78, 5) is 3.44. The fourth-order valence-corrected chi connectivity index (χ4v) is 3.82. The standard InChI is InChI=1S/C24H17N/c1-16-7-9-19-18(15-16)8-10-21-20(19)11-12-23-22(21)13-14-25-24(23)17-5-3-2-4-6-17/h2-15H,1H3/p+1. The summed E-state index contributed by atoms with van der Waals surface area (Å²) < 4.78 is 0. The molecule has 0 saturated heterocycles. The Bertz CT molecular complexity index is 1240. The van der Waals surface area contributed by atoms with Crippen LogP contribution in [0.4, 0.5) is 0 Å². The molecule has 0 aliphatic rings. The van der Waals surface area contributed by atoms with Gasteiger partial charge in [0.15, 0.2) is 6.20 Å². The number of aromatic nitrogens is 1. The molecule has 0 saturated carbocycles. The molecule has 0 fully saturated rings. The van der Waals surface area contributed by atoms with Gasteiger partial charge in [0.05, 0.1) is 5.39 Å². The van der Waals surface area contributed by atoms with E-state index in [1.165, 1.54) is 49.1 Å². The molecule has 1 nitrogen and oxygen atoms in total. The number of rotatable bonds is 1. The van der Waals surface area contributed by atoms with Crippen molar-refractivity contribution in [2.45, 2.75) is 6.92 Å². The quantitative estimate of drug-likeness (QED) is 0.340. The highest BCUT2D eigenvalue weighted by Crippen LogP contribution is 2.34. The first-order chi connectivity index (χ1) is 12.3. The molecule has 1 heterocycles. The van der Waals surface area contributed by atoms with Gasteiger partial charge in [0, 0.05) is 17.0 Å². The van der Waals surface area contributed by atoms with Gasteiger partial charge >= 0.3 is 0 Å². The third-order valence-electron chi connectivity index (χ3n) is 5.02. The number of aryl methyl sites for hydroxylation is 1. The van der Waals surface area contributed by atoms with Crippen LogP contribution in [0.15, 0.2) is 85.1 Å². The summed E-state index contributed by atoms with van der Waals surface area (Å²) in [5.74, 6) is 0. The SMILES string of the molecule is Cc1ccc2c(ccc3c4cc[nH+]c(-c5ccccc5)c4ccc23)c1. The molecule has 5 aromatic rings. The second-order valence-corrected chi connectivity index (χ2v) is 6.63. The monoisotopic (exact) mass is 320 g/mol. The highest BCUT2D eigenvalue weighted by Gasteiger charge is 2.13. The Morgan fingerprint density at radius 2 is 1.28 bits per heavy atom. The van der Waals surface area contributed by atoms with Gasteiger partial charge in [-0.25, -0.2) is 4.98 Å². The lowest BCUT2D eigenvalue weighted by atomic mass is 9.95. The molecule has 0 unspecified atom stereocenters. The molecule has 25 heavy (non-hydrogen) atoms. The molecule has 0 radical (unpaired) electrons. The molecule has 0 atom stereocenters. The van der Waals surface area contributed by atoms with Crippen molar-refractivity contribution >= 4 is 32.3 Å². The predicted molar refractivity (Wildman–Crippen MR) is 106 cm³/mol. The van der Waals surface area contributed by atoms with E-state index in [9.17, 15) is 0 Å². The van der Waals surface area contributed by atoms with E-state index in [1.54, 1.807) is 0 Å². The van der Waals surface area contributed by atoms with Crippen molar-refractivity contribution in [3.63, 3.8) is 0 Å². The largest absolute Gasteiger partial charge is 0.218 e. The van der Waals surface area contributed by atoms with Crippen LogP contribution < -0.4 is 4.98 Å². The molecule has 4 aromatic carbocycles. The van der Waals surface area contributed by atoms with Gasteiger partial charge < -0.3 is 0 Å². The fraction of sp³-hybridized carbons (Fsp3) is 0.0417. The number of H-pyrrole nitrogens is 1. The van der Waals surface area contributed by atoms with Gasteiger partial charge in [-0.2, -0.15) is 0 Å². The zero-order valence-electron chi connectivity index (χ0n) is 14.1. The zero-order chi connectivity index (χ0) is 16.8. The lowest BCUT2D eigenvalue weighted by Crippen LogP contribution is -2.06. The Labute approximate surface area is 146 Å². The average Bonchev–Trinajstić information content (AvgIpc) is 2.67. The van der Waals surface area contributed by atoms with E-state index in [2.05, 4.69) is 90.8 Å². The van der Waals surface area contributed by atoms with Crippen LogP contribution in [-0.4, -0.2) is 0 Å². The topological polar surface area (TPSA) is 14.1 Å². The molecular weight excluding hydrogens is 302 g/mol. The van der Waals surface area contributed by atoms with Crippen LogP contribution in [-0.2, 0) is 0 Å². The predicted octanol–water partition coefficient (Wildman–Crippen LogP) is 5.94. The molecule has 0 aliphatic carbocycles. The van der Waals surface area contributed by atoms with Crippen LogP contribution in [0.25, 0.3) is 43.6 Å². The van der Waals surface area contributed by atoms with Crippen LogP contribution in [0.1, 0.15) is 5.56 Å². The molecule has 118 valence electrons. The summed E-state index contributed by atoms with van der Waals surface area (Å²) >= 11 is 0. The van der Waals surface area contributed by atoms with E-state index in [0.717, 1.165) is 0 Å². The van der Waals surface area contributed by atoms with Crippen molar-refractivity contribution in [3.05, 3.63) is 90.6 Å². The van der Waals surface area contributed by atoms with Crippen molar-refractivity contribution in [1.29, 1.82) is 0 Å². The van der Waals surface area contributed by atoms with E-state index in [1.807, 2.05) is 6.20 Å². The van der Waals surface area contributed by atoms with Crippen LogP contribution in [0, 0.1) is 6.92 Å². The number of fused-ring (bicyclic) bond motifs is 5. The van der Waals surface area contributed by atoms with Crippen molar-refractivity contribution in [2.75, 3.05) is 0 Å². The molecule has 1 aromatic heterocycles. The van der Waals surface area contributed by atoms with Gasteiger partial charge in [0.25, 0.3) is 0 Å². The second kappa shape index (κ2) is 5.42. The summed E-state index contributed by atoms with van der Waals surface area (Å²) in [5, 5.41) is 7.79. The summed E-state index contributed by atoms with van der Waals surface area (Å²) in [6.45, 7) is 2.14. The summed E-state index contributed by atoms with van der Waals surface area (Å²) in [6.07, 6.45) is 2.05. The van der Waals surface area contributed by atoms with E-state index >= 15 is 0 Å². The second-order valence-electron chi connectivity index (χ2n) is 6.63. The van der Waals surface area contributed by atoms with Crippen molar-refractivity contribution in [1.82, 2.24) is 0 Å². The maximum absolute atomic E-state index is 3.44. The zero-order valence-corrected chi connectivity index (χ0v) is 14.1. The number of nitrogens with one attached hydrogen (secondary N) is 1. The first-order valence-corrected chi connectivity index (χ1v) is 8.63. The first kappa shape index (κ1) is 14.2. The number of hydrogen-bond acceptors (Lipinski definition) is 0. The Kier molecular flexibility index (Phi) is 3.07. The van der Waals surface area contributed by atoms with Crippen LogP contribution in [0.3, 0.4) is 0 Å². The minimum Gasteiger partial charge on any atom is -0.211 e. The molecule has 1 heteroatoms. The van der Waals surface area contributed by atoms with Crippen molar-refractivity contribution in [3.8, 4) is 11.3 Å². The van der Waals surface area contributed by atoms with Gasteiger partial charge in [0.2, 0.25) is 5.69 Å². The Hall–Kier alpha value is -3.19. The fourth-order valence-electron chi connectivity index (χ4n) is 3.82. The summed E-state index contributed by atoms with van der Waals surface area (Å²) in [5.41, 5.74) is 3.68. The van der Waals surface area contributed by atoms with Crippen LogP contribution in [0.2, 0.25) is 0 Å². The van der Waals surface area contributed by atoms with Gasteiger partial charge in [-0.1, -0.05) is 60.2 Å². The van der Waals surface area contributed by atoms with Gasteiger partial charge in [-0.15, -0.1) is 0 Å². The van der Waals surface area contributed by atoms with E-state index < -0.39 is 0 Å². The normalized spacial score (nSPS) is 11.4. The number of pyridine rings is 1. The first-order valence-electron chi connectivity index (χ1n) is 8.63. The molecule has 0 aliphatic heterocycles. The molecule has 0 bridgehead atoms. The maximum Gasteiger partial charge on any atom is 0.218 e. The minimum absolute atomic E-state index is 1.17. The number of aromatic amines is 1. The maximum atomic E-state index is 3.44.